The third kappa shape index (κ3) is 9.11. The highest BCUT2D eigenvalue weighted by Gasteiger charge is 2.38. The predicted molar refractivity (Wildman–Crippen MR) is 107 cm³/mol. The van der Waals surface area contributed by atoms with Gasteiger partial charge in [0.25, 0.3) is 0 Å². The zero-order valence-corrected chi connectivity index (χ0v) is 19.7. The lowest BCUT2D eigenvalue weighted by atomic mass is 10.2. The third-order valence-electron chi connectivity index (χ3n) is 4.64. The van der Waals surface area contributed by atoms with E-state index in [2.05, 4.69) is 0 Å². The van der Waals surface area contributed by atoms with E-state index in [1.807, 2.05) is 4.90 Å². The molecule has 9 nitrogen and oxygen atoms in total. The minimum absolute atomic E-state index is 0.0967. The van der Waals surface area contributed by atoms with E-state index in [0.29, 0.717) is 44.6 Å². The Hall–Kier alpha value is -0.376. The third-order valence-corrected chi connectivity index (χ3v) is 10.3. The fourth-order valence-corrected chi connectivity index (χ4v) is 6.26. The number of hydrogen-bond donors (Lipinski definition) is 1. The summed E-state index contributed by atoms with van der Waals surface area (Å²) in [6, 6.07) is 1.29. The molecule has 0 aromatic carbocycles. The van der Waals surface area contributed by atoms with Crippen LogP contribution in [0, 0.1) is 0 Å². The van der Waals surface area contributed by atoms with Crippen molar-refractivity contribution in [2.45, 2.75) is 37.8 Å². The lowest BCUT2D eigenvalue weighted by Gasteiger charge is -2.28. The number of rotatable bonds is 17. The van der Waals surface area contributed by atoms with Crippen molar-refractivity contribution in [2.75, 3.05) is 62.3 Å². The molecular weight excluding hydrogens is 388 g/mol. The molecule has 27 heavy (non-hydrogen) atoms. The van der Waals surface area contributed by atoms with Crippen LogP contribution >= 0.6 is 0 Å². The van der Waals surface area contributed by atoms with E-state index in [0.717, 1.165) is 12.8 Å². The van der Waals surface area contributed by atoms with E-state index in [-0.39, 0.29) is 5.91 Å². The van der Waals surface area contributed by atoms with Crippen LogP contribution < -0.4 is 5.73 Å². The summed E-state index contributed by atoms with van der Waals surface area (Å²) >= 11 is 0. The quantitative estimate of drug-likeness (QED) is 0.345. The van der Waals surface area contributed by atoms with Crippen LogP contribution in [0.15, 0.2) is 0 Å². The van der Waals surface area contributed by atoms with Crippen LogP contribution in [0.1, 0.15) is 25.7 Å². The summed E-state index contributed by atoms with van der Waals surface area (Å²) in [4.78, 5) is 14.4. The molecule has 0 aliphatic carbocycles. The van der Waals surface area contributed by atoms with Crippen LogP contribution in [0.5, 0.6) is 0 Å². The minimum Gasteiger partial charge on any atom is -0.377 e. The maximum absolute atomic E-state index is 12.5. The van der Waals surface area contributed by atoms with Crippen LogP contribution in [-0.4, -0.2) is 90.7 Å². The fourth-order valence-electron chi connectivity index (χ4n) is 2.86. The Morgan fingerprint density at radius 1 is 0.741 bits per heavy atom. The molecule has 2 N–H and O–H groups in total. The van der Waals surface area contributed by atoms with Gasteiger partial charge in [-0.2, -0.15) is 0 Å². The Bertz CT molecular complexity index is 354. The first-order valence-electron chi connectivity index (χ1n) is 9.20. The molecule has 0 fully saturated rings. The molecule has 0 aromatic rings. The molecule has 162 valence electrons. The molecule has 0 aromatic heterocycles. The Kier molecular flexibility index (Phi) is 14.4. The number of amides is 1. The van der Waals surface area contributed by atoms with Gasteiger partial charge in [-0.05, 0) is 25.8 Å². The number of carbonyl (C=O) groups excluding carboxylic acids is 1. The summed E-state index contributed by atoms with van der Waals surface area (Å²) in [7, 11) is 4.28. The van der Waals surface area contributed by atoms with Gasteiger partial charge in [-0.1, -0.05) is 0 Å². The molecule has 0 spiro atoms. The second kappa shape index (κ2) is 14.6. The van der Waals surface area contributed by atoms with Crippen LogP contribution in [0.2, 0.25) is 12.1 Å². The predicted octanol–water partition coefficient (Wildman–Crippen LogP) is 1.09. The van der Waals surface area contributed by atoms with Crippen molar-refractivity contribution in [1.29, 1.82) is 0 Å². The summed E-state index contributed by atoms with van der Waals surface area (Å²) in [5.74, 6) is 0.0967. The summed E-state index contributed by atoms with van der Waals surface area (Å²) < 4.78 is 32.7. The maximum atomic E-state index is 12.5. The molecule has 0 aliphatic heterocycles. The standard InChI is InChI=1S/C16H38N2O7Si2/c1-20-26(21-2,22-3)14-8-12-18(16(19)10-7-11-17)13-9-15-27(23-4,24-5)25-6/h7-15,17H2,1-6H3. The summed E-state index contributed by atoms with van der Waals surface area (Å²) in [5.41, 5.74) is 5.54. The first-order chi connectivity index (χ1) is 12.9. The molecule has 0 aliphatic rings. The summed E-state index contributed by atoms with van der Waals surface area (Å²) in [6.07, 6.45) is 2.59. The van der Waals surface area contributed by atoms with E-state index in [9.17, 15) is 4.79 Å². The summed E-state index contributed by atoms with van der Waals surface area (Å²) in [6.45, 7) is 1.71. The van der Waals surface area contributed by atoms with Gasteiger partial charge in [0.2, 0.25) is 5.91 Å². The molecular formula is C16H38N2O7Si2. The van der Waals surface area contributed by atoms with Crippen molar-refractivity contribution in [3.05, 3.63) is 0 Å². The Morgan fingerprint density at radius 3 is 1.41 bits per heavy atom. The zero-order chi connectivity index (χ0) is 20.8. The molecule has 0 atom stereocenters. The van der Waals surface area contributed by atoms with Crippen molar-refractivity contribution >= 4 is 23.5 Å². The van der Waals surface area contributed by atoms with Gasteiger partial charge in [0.05, 0.1) is 0 Å². The fraction of sp³-hybridized carbons (Fsp3) is 0.938. The van der Waals surface area contributed by atoms with E-state index in [1.165, 1.54) is 0 Å². The second-order valence-electron chi connectivity index (χ2n) is 6.07. The van der Waals surface area contributed by atoms with Crippen molar-refractivity contribution in [3.8, 4) is 0 Å². The smallest absolute Gasteiger partial charge is 0.377 e. The minimum atomic E-state index is -2.63. The van der Waals surface area contributed by atoms with Crippen LogP contribution in [0.25, 0.3) is 0 Å². The number of nitrogens with zero attached hydrogens (tertiary/aromatic N) is 1. The van der Waals surface area contributed by atoms with Gasteiger partial charge in [0.1, 0.15) is 0 Å². The molecule has 0 saturated heterocycles. The van der Waals surface area contributed by atoms with Crippen LogP contribution in [-0.2, 0) is 31.4 Å². The first kappa shape index (κ1) is 26.6. The van der Waals surface area contributed by atoms with Gasteiger partial charge in [-0.25, -0.2) is 0 Å². The van der Waals surface area contributed by atoms with Gasteiger partial charge >= 0.3 is 17.6 Å². The molecule has 0 bridgehead atoms. The van der Waals surface area contributed by atoms with Crippen LogP contribution in [0.3, 0.4) is 0 Å². The molecule has 0 heterocycles. The molecule has 0 rings (SSSR count). The second-order valence-corrected chi connectivity index (χ2v) is 12.3. The van der Waals surface area contributed by atoms with Gasteiger partial charge in [-0.15, -0.1) is 0 Å². The van der Waals surface area contributed by atoms with E-state index in [1.54, 1.807) is 42.7 Å². The zero-order valence-electron chi connectivity index (χ0n) is 17.7. The lowest BCUT2D eigenvalue weighted by molar-refractivity contribution is -0.131. The molecule has 0 saturated carbocycles. The normalized spacial score (nSPS) is 12.4. The molecule has 0 unspecified atom stereocenters. The Morgan fingerprint density at radius 2 is 1.11 bits per heavy atom. The van der Waals surface area contributed by atoms with E-state index in [4.69, 9.17) is 32.3 Å². The Labute approximate surface area is 166 Å². The highest BCUT2D eigenvalue weighted by molar-refractivity contribution is 6.60. The lowest BCUT2D eigenvalue weighted by Crippen LogP contribution is -2.44. The average molecular weight is 427 g/mol. The Balaban J connectivity index is 4.76. The number of carbonyl (C=O) groups is 1. The molecule has 0 radical (unpaired) electrons. The van der Waals surface area contributed by atoms with Crippen molar-refractivity contribution in [3.63, 3.8) is 0 Å². The number of hydrogen-bond acceptors (Lipinski definition) is 8. The number of nitrogens with two attached hydrogens (primary N) is 1. The maximum Gasteiger partial charge on any atom is 0.500 e. The summed E-state index contributed by atoms with van der Waals surface area (Å²) in [5, 5.41) is 0. The highest BCUT2D eigenvalue weighted by Crippen LogP contribution is 2.18. The monoisotopic (exact) mass is 426 g/mol. The molecule has 1 amide bonds. The highest BCUT2D eigenvalue weighted by atomic mass is 28.4. The van der Waals surface area contributed by atoms with Gasteiger partial charge < -0.3 is 37.2 Å². The van der Waals surface area contributed by atoms with E-state index >= 15 is 0 Å². The SMILES string of the molecule is CO[Si](CCCN(CCC[Si](OC)(OC)OC)C(=O)CCCN)(OC)OC. The average Bonchev–Trinajstić information content (AvgIpc) is 2.72. The van der Waals surface area contributed by atoms with Crippen molar-refractivity contribution < 1.29 is 31.4 Å². The van der Waals surface area contributed by atoms with Crippen LogP contribution in [0.4, 0.5) is 0 Å². The topological polar surface area (TPSA) is 102 Å². The van der Waals surface area contributed by atoms with Crippen molar-refractivity contribution in [2.24, 2.45) is 5.73 Å². The van der Waals surface area contributed by atoms with Gasteiger partial charge in [0, 0.05) is 74.3 Å². The van der Waals surface area contributed by atoms with Gasteiger partial charge in [-0.3, -0.25) is 4.79 Å². The largest absolute Gasteiger partial charge is 0.500 e. The first-order valence-corrected chi connectivity index (χ1v) is 13.1. The molecule has 11 heteroatoms. The van der Waals surface area contributed by atoms with E-state index < -0.39 is 17.6 Å². The van der Waals surface area contributed by atoms with Crippen molar-refractivity contribution in [1.82, 2.24) is 4.90 Å². The van der Waals surface area contributed by atoms with Gasteiger partial charge in [0.15, 0.2) is 0 Å².